The zero-order valence-electron chi connectivity index (χ0n) is 15.6. The number of carbonyl (C=O) groups excluding carboxylic acids is 1. The van der Waals surface area contributed by atoms with Gasteiger partial charge in [-0.05, 0) is 35.2 Å². The van der Waals surface area contributed by atoms with Gasteiger partial charge >= 0.3 is 6.18 Å². The first kappa shape index (κ1) is 19.4. The molecule has 158 valence electrons. The summed E-state index contributed by atoms with van der Waals surface area (Å²) in [7, 11) is 0. The monoisotopic (exact) mass is 446 g/mol. The lowest BCUT2D eigenvalue weighted by molar-refractivity contribution is -0.142. The molecule has 0 atom stereocenters. The number of nitrogens with zero attached hydrogens (tertiary/aromatic N) is 3. The standard InChI is InChI=1S/C20H13F3N4O3S/c21-20(22,23)17-7-13(16-2-1-5-31-16)26-18-12(9-25-27(17)18)19(28)24-8-11-3-4-14-15(6-11)30-10-29-14/h1-7,9H,8,10H2,(H,24,28). The van der Waals surface area contributed by atoms with E-state index in [1.54, 1.807) is 35.7 Å². The van der Waals surface area contributed by atoms with E-state index >= 15 is 0 Å². The van der Waals surface area contributed by atoms with Crippen LogP contribution in [0.25, 0.3) is 16.2 Å². The molecule has 1 N–H and O–H groups in total. The molecular weight excluding hydrogens is 433 g/mol. The predicted molar refractivity (Wildman–Crippen MR) is 105 cm³/mol. The van der Waals surface area contributed by atoms with E-state index in [0.29, 0.717) is 20.9 Å². The minimum atomic E-state index is -4.67. The zero-order valence-corrected chi connectivity index (χ0v) is 16.5. The largest absolute Gasteiger partial charge is 0.454 e. The minimum absolute atomic E-state index is 0.0513. The minimum Gasteiger partial charge on any atom is -0.454 e. The highest BCUT2D eigenvalue weighted by molar-refractivity contribution is 7.13. The van der Waals surface area contributed by atoms with E-state index in [0.717, 1.165) is 17.8 Å². The Hall–Kier alpha value is -3.60. The number of benzene rings is 1. The van der Waals surface area contributed by atoms with Crippen LogP contribution in [0.15, 0.2) is 48.0 Å². The van der Waals surface area contributed by atoms with Gasteiger partial charge in [0.25, 0.3) is 5.91 Å². The van der Waals surface area contributed by atoms with Crippen molar-refractivity contribution in [3.05, 3.63) is 64.8 Å². The number of ether oxygens (including phenoxy) is 2. The van der Waals surface area contributed by atoms with Crippen LogP contribution in [0, 0.1) is 0 Å². The Kier molecular flexibility index (Phi) is 4.54. The third kappa shape index (κ3) is 3.56. The Morgan fingerprint density at radius 3 is 2.81 bits per heavy atom. The van der Waals surface area contributed by atoms with E-state index in [2.05, 4.69) is 15.4 Å². The smallest absolute Gasteiger partial charge is 0.433 e. The normalized spacial score (nSPS) is 13.0. The summed E-state index contributed by atoms with van der Waals surface area (Å²) in [5.41, 5.74) is -0.348. The molecule has 1 aliphatic rings. The topological polar surface area (TPSA) is 77.8 Å². The molecule has 0 fully saturated rings. The summed E-state index contributed by atoms with van der Waals surface area (Å²) in [5.74, 6) is 0.596. The number of hydrogen-bond donors (Lipinski definition) is 1. The van der Waals surface area contributed by atoms with Gasteiger partial charge in [0.05, 0.1) is 16.8 Å². The average Bonchev–Trinajstić information content (AvgIpc) is 3.50. The second kappa shape index (κ2) is 7.27. The summed E-state index contributed by atoms with van der Waals surface area (Å²) < 4.78 is 52.1. The third-order valence-corrected chi connectivity index (χ3v) is 5.56. The van der Waals surface area contributed by atoms with Gasteiger partial charge in [-0.1, -0.05) is 12.1 Å². The maximum Gasteiger partial charge on any atom is 0.433 e. The van der Waals surface area contributed by atoms with Crippen LogP contribution in [0.3, 0.4) is 0 Å². The van der Waals surface area contributed by atoms with Gasteiger partial charge in [-0.2, -0.15) is 18.3 Å². The lowest BCUT2D eigenvalue weighted by atomic mass is 10.2. The van der Waals surface area contributed by atoms with Crippen LogP contribution in [0.1, 0.15) is 21.6 Å². The van der Waals surface area contributed by atoms with E-state index in [4.69, 9.17) is 9.47 Å². The number of amides is 1. The van der Waals surface area contributed by atoms with E-state index in [1.807, 2.05) is 0 Å². The third-order valence-electron chi connectivity index (χ3n) is 4.67. The Morgan fingerprint density at radius 1 is 1.19 bits per heavy atom. The first-order valence-corrected chi connectivity index (χ1v) is 9.95. The van der Waals surface area contributed by atoms with Crippen LogP contribution < -0.4 is 14.8 Å². The van der Waals surface area contributed by atoms with Crippen molar-refractivity contribution in [2.45, 2.75) is 12.7 Å². The molecule has 31 heavy (non-hydrogen) atoms. The number of alkyl halides is 3. The molecule has 1 aromatic carbocycles. The van der Waals surface area contributed by atoms with Crippen LogP contribution in [0.5, 0.6) is 11.5 Å². The summed E-state index contributed by atoms with van der Waals surface area (Å²) in [6.45, 7) is 0.275. The second-order valence-electron chi connectivity index (χ2n) is 6.67. The van der Waals surface area contributed by atoms with Crippen molar-refractivity contribution >= 4 is 22.9 Å². The lowest BCUT2D eigenvalue weighted by Gasteiger charge is -2.11. The van der Waals surface area contributed by atoms with Crippen molar-refractivity contribution in [3.63, 3.8) is 0 Å². The number of aromatic nitrogens is 3. The lowest BCUT2D eigenvalue weighted by Crippen LogP contribution is -2.23. The molecule has 1 amide bonds. The van der Waals surface area contributed by atoms with Gasteiger partial charge < -0.3 is 14.8 Å². The van der Waals surface area contributed by atoms with Crippen molar-refractivity contribution in [3.8, 4) is 22.1 Å². The molecule has 0 saturated heterocycles. The van der Waals surface area contributed by atoms with E-state index < -0.39 is 17.8 Å². The number of nitrogens with one attached hydrogen (secondary N) is 1. The fraction of sp³-hybridized carbons (Fsp3) is 0.150. The molecular formula is C20H13F3N4O3S. The van der Waals surface area contributed by atoms with Crippen molar-refractivity contribution < 1.29 is 27.4 Å². The van der Waals surface area contributed by atoms with Crippen LogP contribution in [0.4, 0.5) is 13.2 Å². The Morgan fingerprint density at radius 2 is 2.03 bits per heavy atom. The van der Waals surface area contributed by atoms with Crippen LogP contribution in [-0.2, 0) is 12.7 Å². The summed E-state index contributed by atoms with van der Waals surface area (Å²) in [5, 5.41) is 8.20. The van der Waals surface area contributed by atoms with Crippen LogP contribution >= 0.6 is 11.3 Å². The van der Waals surface area contributed by atoms with Crippen LogP contribution in [0.2, 0.25) is 0 Å². The second-order valence-corrected chi connectivity index (χ2v) is 7.61. The first-order chi connectivity index (χ1) is 14.9. The highest BCUT2D eigenvalue weighted by Crippen LogP contribution is 2.34. The van der Waals surface area contributed by atoms with E-state index in [9.17, 15) is 18.0 Å². The van der Waals surface area contributed by atoms with Crippen molar-refractivity contribution in [2.24, 2.45) is 0 Å². The first-order valence-electron chi connectivity index (χ1n) is 9.07. The number of carbonyl (C=O) groups is 1. The summed E-state index contributed by atoms with van der Waals surface area (Å²) in [4.78, 5) is 17.6. The summed E-state index contributed by atoms with van der Waals surface area (Å²) in [6.07, 6.45) is -3.58. The maximum atomic E-state index is 13.6. The molecule has 4 heterocycles. The van der Waals surface area contributed by atoms with Gasteiger partial charge in [-0.25, -0.2) is 9.50 Å². The number of rotatable bonds is 4. The van der Waals surface area contributed by atoms with Gasteiger partial charge in [0.15, 0.2) is 22.8 Å². The molecule has 1 aliphatic heterocycles. The van der Waals surface area contributed by atoms with Crippen LogP contribution in [-0.4, -0.2) is 27.3 Å². The molecule has 11 heteroatoms. The predicted octanol–water partition coefficient (Wildman–Crippen LogP) is 4.14. The molecule has 0 saturated carbocycles. The number of halogens is 3. The Balaban J connectivity index is 1.48. The van der Waals surface area contributed by atoms with Crippen molar-refractivity contribution in [2.75, 3.05) is 6.79 Å². The van der Waals surface area contributed by atoms with Gasteiger partial charge in [-0.3, -0.25) is 4.79 Å². The quantitative estimate of drug-likeness (QED) is 0.510. The highest BCUT2D eigenvalue weighted by atomic mass is 32.1. The Labute approximate surface area is 177 Å². The van der Waals surface area contributed by atoms with Gasteiger partial charge in [0, 0.05) is 6.54 Å². The zero-order chi connectivity index (χ0) is 21.6. The SMILES string of the molecule is O=C(NCc1ccc2c(c1)OCO2)c1cnn2c(C(F)(F)F)cc(-c3cccs3)nc12. The molecule has 0 unspecified atom stereocenters. The maximum absolute atomic E-state index is 13.6. The van der Waals surface area contributed by atoms with Gasteiger partial charge in [0.2, 0.25) is 6.79 Å². The molecule has 0 bridgehead atoms. The van der Waals surface area contributed by atoms with Gasteiger partial charge in [0.1, 0.15) is 5.56 Å². The molecule has 4 aromatic rings. The molecule has 5 rings (SSSR count). The number of hydrogen-bond acceptors (Lipinski definition) is 6. The molecule has 3 aromatic heterocycles. The van der Waals surface area contributed by atoms with Crippen molar-refractivity contribution in [1.82, 2.24) is 19.9 Å². The molecule has 0 radical (unpaired) electrons. The summed E-state index contributed by atoms with van der Waals surface area (Å²) >= 11 is 1.26. The van der Waals surface area contributed by atoms with Gasteiger partial charge in [-0.15, -0.1) is 11.3 Å². The average molecular weight is 446 g/mol. The Bertz CT molecular complexity index is 1290. The highest BCUT2D eigenvalue weighted by Gasteiger charge is 2.36. The van der Waals surface area contributed by atoms with E-state index in [-0.39, 0.29) is 30.2 Å². The summed E-state index contributed by atoms with van der Waals surface area (Å²) in [6, 6.07) is 9.53. The molecule has 0 aliphatic carbocycles. The van der Waals surface area contributed by atoms with E-state index in [1.165, 1.54) is 11.3 Å². The fourth-order valence-corrected chi connectivity index (χ4v) is 3.89. The number of thiophene rings is 1. The fourth-order valence-electron chi connectivity index (χ4n) is 3.20. The molecule has 7 nitrogen and oxygen atoms in total. The molecule has 0 spiro atoms. The number of fused-ring (bicyclic) bond motifs is 2. The van der Waals surface area contributed by atoms with Crippen molar-refractivity contribution in [1.29, 1.82) is 0 Å².